The number of fused-ring (bicyclic) bond motifs is 1. The number of H-pyrrole nitrogens is 1. The summed E-state index contributed by atoms with van der Waals surface area (Å²) in [5.41, 5.74) is 3.03. The van der Waals surface area contributed by atoms with Gasteiger partial charge in [-0.2, -0.15) is 0 Å². The first-order valence-corrected chi connectivity index (χ1v) is 6.80. The molecule has 108 valence electrons. The number of furan rings is 1. The molecule has 3 aromatic rings. The van der Waals surface area contributed by atoms with E-state index in [4.69, 9.17) is 4.42 Å². The molecule has 5 heteroatoms. The molecular weight excluding hydrogens is 268 g/mol. The molecule has 0 fully saturated rings. The second kappa shape index (κ2) is 5.85. The highest BCUT2D eigenvalue weighted by atomic mass is 16.4. The van der Waals surface area contributed by atoms with Crippen molar-refractivity contribution >= 4 is 16.9 Å². The predicted octanol–water partition coefficient (Wildman–Crippen LogP) is 2.79. The van der Waals surface area contributed by atoms with Crippen LogP contribution < -0.4 is 5.32 Å². The van der Waals surface area contributed by atoms with Crippen LogP contribution in [0.25, 0.3) is 10.9 Å². The summed E-state index contributed by atoms with van der Waals surface area (Å²) in [4.78, 5) is 14.3. The van der Waals surface area contributed by atoms with E-state index in [1.165, 1.54) is 0 Å². The summed E-state index contributed by atoms with van der Waals surface area (Å²) in [5.74, 6) is -0.933. The van der Waals surface area contributed by atoms with E-state index in [1.54, 1.807) is 12.5 Å². The van der Waals surface area contributed by atoms with E-state index in [9.17, 15) is 9.90 Å². The molecule has 3 N–H and O–H groups in total. The van der Waals surface area contributed by atoms with Gasteiger partial charge in [0.2, 0.25) is 0 Å². The smallest absolute Gasteiger partial charge is 0.352 e. The van der Waals surface area contributed by atoms with Gasteiger partial charge in [0.05, 0.1) is 12.5 Å². The van der Waals surface area contributed by atoms with Crippen LogP contribution in [0.1, 0.15) is 21.6 Å². The Hall–Kier alpha value is -2.53. The van der Waals surface area contributed by atoms with Crippen molar-refractivity contribution in [1.82, 2.24) is 10.3 Å². The zero-order chi connectivity index (χ0) is 14.7. The average Bonchev–Trinajstić information content (AvgIpc) is 3.11. The number of rotatable bonds is 6. The molecule has 3 rings (SSSR count). The van der Waals surface area contributed by atoms with E-state index in [-0.39, 0.29) is 5.69 Å². The summed E-state index contributed by atoms with van der Waals surface area (Å²) in [7, 11) is 0. The molecule has 5 nitrogen and oxygen atoms in total. The van der Waals surface area contributed by atoms with Crippen LogP contribution in [0.15, 0.2) is 47.3 Å². The zero-order valence-electron chi connectivity index (χ0n) is 11.4. The lowest BCUT2D eigenvalue weighted by molar-refractivity contribution is 0.0690. The number of hydrogen-bond acceptors (Lipinski definition) is 3. The molecule has 0 atom stereocenters. The number of aromatic nitrogens is 1. The molecule has 2 heterocycles. The molecule has 0 aliphatic carbocycles. The van der Waals surface area contributed by atoms with E-state index in [1.807, 2.05) is 30.3 Å². The number of para-hydroxylation sites is 1. The third-order valence-corrected chi connectivity index (χ3v) is 3.50. The second-order valence-corrected chi connectivity index (χ2v) is 4.89. The van der Waals surface area contributed by atoms with Gasteiger partial charge in [-0.05, 0) is 30.7 Å². The van der Waals surface area contributed by atoms with Crippen molar-refractivity contribution in [1.29, 1.82) is 0 Å². The normalized spacial score (nSPS) is 11.0. The Kier molecular flexibility index (Phi) is 3.75. The lowest BCUT2D eigenvalue weighted by Gasteiger charge is -2.04. The van der Waals surface area contributed by atoms with Crippen LogP contribution in [0, 0.1) is 0 Å². The van der Waals surface area contributed by atoms with Crippen LogP contribution in [0.3, 0.4) is 0 Å². The number of carboxylic acids is 1. The third-order valence-electron chi connectivity index (χ3n) is 3.50. The Morgan fingerprint density at radius 1 is 1.29 bits per heavy atom. The number of carbonyl (C=O) groups is 1. The summed E-state index contributed by atoms with van der Waals surface area (Å²) < 4.78 is 5.02. The SMILES string of the molecule is O=C(O)c1[nH]c2ccccc2c1CNCCc1ccoc1. The fourth-order valence-electron chi connectivity index (χ4n) is 2.45. The minimum Gasteiger partial charge on any atom is -0.477 e. The number of aromatic carboxylic acids is 1. The molecule has 0 spiro atoms. The van der Waals surface area contributed by atoms with Crippen LogP contribution in [0.5, 0.6) is 0 Å². The van der Waals surface area contributed by atoms with Gasteiger partial charge in [0.1, 0.15) is 5.69 Å². The summed E-state index contributed by atoms with van der Waals surface area (Å²) in [6, 6.07) is 9.55. The largest absolute Gasteiger partial charge is 0.477 e. The van der Waals surface area contributed by atoms with E-state index in [0.29, 0.717) is 6.54 Å². The Morgan fingerprint density at radius 2 is 2.14 bits per heavy atom. The summed E-state index contributed by atoms with van der Waals surface area (Å²) in [6.07, 6.45) is 4.22. The molecule has 1 aromatic carbocycles. The molecule has 0 saturated heterocycles. The zero-order valence-corrected chi connectivity index (χ0v) is 11.4. The van der Waals surface area contributed by atoms with E-state index in [2.05, 4.69) is 10.3 Å². The van der Waals surface area contributed by atoms with Crippen molar-refractivity contribution < 1.29 is 14.3 Å². The molecule has 0 aliphatic heterocycles. The maximum Gasteiger partial charge on any atom is 0.352 e. The molecule has 2 aromatic heterocycles. The Morgan fingerprint density at radius 3 is 2.90 bits per heavy atom. The first-order valence-electron chi connectivity index (χ1n) is 6.80. The maximum absolute atomic E-state index is 11.3. The highest BCUT2D eigenvalue weighted by molar-refractivity contribution is 5.97. The van der Waals surface area contributed by atoms with Crippen LogP contribution in [0.2, 0.25) is 0 Å². The van der Waals surface area contributed by atoms with Crippen molar-refractivity contribution in [2.24, 2.45) is 0 Å². The van der Waals surface area contributed by atoms with Crippen LogP contribution >= 0.6 is 0 Å². The van der Waals surface area contributed by atoms with Gasteiger partial charge in [-0.3, -0.25) is 0 Å². The fourth-order valence-corrected chi connectivity index (χ4v) is 2.45. The molecular formula is C16H16N2O3. The molecule has 0 amide bonds. The van der Waals surface area contributed by atoms with Gasteiger partial charge in [-0.1, -0.05) is 18.2 Å². The minimum absolute atomic E-state index is 0.256. The van der Waals surface area contributed by atoms with Gasteiger partial charge in [0.15, 0.2) is 0 Å². The first-order chi connectivity index (χ1) is 10.3. The second-order valence-electron chi connectivity index (χ2n) is 4.89. The van der Waals surface area contributed by atoms with Gasteiger partial charge >= 0.3 is 5.97 Å². The van der Waals surface area contributed by atoms with Crippen LogP contribution in [-0.4, -0.2) is 22.6 Å². The van der Waals surface area contributed by atoms with E-state index < -0.39 is 5.97 Å². The van der Waals surface area contributed by atoms with Crippen LogP contribution in [-0.2, 0) is 13.0 Å². The molecule has 21 heavy (non-hydrogen) atoms. The van der Waals surface area contributed by atoms with Crippen LogP contribution in [0.4, 0.5) is 0 Å². The summed E-state index contributed by atoms with van der Waals surface area (Å²) in [5, 5.41) is 13.5. The predicted molar refractivity (Wildman–Crippen MR) is 79.4 cm³/mol. The number of nitrogens with one attached hydrogen (secondary N) is 2. The third kappa shape index (κ3) is 2.83. The van der Waals surface area contributed by atoms with E-state index >= 15 is 0 Å². The molecule has 0 radical (unpaired) electrons. The molecule has 0 bridgehead atoms. The van der Waals surface area contributed by atoms with E-state index in [0.717, 1.165) is 35.0 Å². The standard InChI is InChI=1S/C16H16N2O3/c19-16(20)15-13(12-3-1-2-4-14(12)18-15)9-17-7-5-11-6-8-21-10-11/h1-4,6,8,10,17-18H,5,7,9H2,(H,19,20). The fraction of sp³-hybridized carbons (Fsp3) is 0.188. The van der Waals surface area contributed by atoms with Crippen molar-refractivity contribution in [3.05, 3.63) is 59.7 Å². The first kappa shape index (κ1) is 13.5. The number of benzene rings is 1. The van der Waals surface area contributed by atoms with Gasteiger partial charge in [-0.25, -0.2) is 4.79 Å². The lowest BCUT2D eigenvalue weighted by atomic mass is 10.1. The van der Waals surface area contributed by atoms with Crippen molar-refractivity contribution in [2.75, 3.05) is 6.54 Å². The van der Waals surface area contributed by atoms with Crippen molar-refractivity contribution in [2.45, 2.75) is 13.0 Å². The molecule has 0 unspecified atom stereocenters. The highest BCUT2D eigenvalue weighted by Crippen LogP contribution is 2.22. The molecule has 0 saturated carbocycles. The Labute approximate surface area is 121 Å². The van der Waals surface area contributed by atoms with Crippen molar-refractivity contribution in [3.8, 4) is 0 Å². The Balaban J connectivity index is 1.73. The monoisotopic (exact) mass is 284 g/mol. The van der Waals surface area contributed by atoms with Gasteiger partial charge in [-0.15, -0.1) is 0 Å². The topological polar surface area (TPSA) is 78.3 Å². The summed E-state index contributed by atoms with van der Waals surface area (Å²) >= 11 is 0. The van der Waals surface area contributed by atoms with Gasteiger partial charge in [0.25, 0.3) is 0 Å². The Bertz CT molecular complexity index is 744. The quantitative estimate of drug-likeness (QED) is 0.608. The highest BCUT2D eigenvalue weighted by Gasteiger charge is 2.16. The van der Waals surface area contributed by atoms with Gasteiger partial charge in [0, 0.05) is 23.0 Å². The minimum atomic E-state index is -0.933. The maximum atomic E-state index is 11.3. The number of hydrogen-bond donors (Lipinski definition) is 3. The molecule has 0 aliphatic rings. The summed E-state index contributed by atoms with van der Waals surface area (Å²) in [6.45, 7) is 1.28. The van der Waals surface area contributed by atoms with Crippen molar-refractivity contribution in [3.63, 3.8) is 0 Å². The lowest BCUT2D eigenvalue weighted by Crippen LogP contribution is -2.18. The number of aromatic amines is 1. The average molecular weight is 284 g/mol. The van der Waals surface area contributed by atoms with Gasteiger partial charge < -0.3 is 19.8 Å². The number of carboxylic acid groups (broad SMARTS) is 1.